The highest BCUT2D eigenvalue weighted by atomic mass is 32.1. The van der Waals surface area contributed by atoms with Gasteiger partial charge in [-0.1, -0.05) is 13.0 Å². The second-order valence-corrected chi connectivity index (χ2v) is 9.54. The molecule has 6 aromatic rings. The summed E-state index contributed by atoms with van der Waals surface area (Å²) in [6.07, 6.45) is 5.64. The molecule has 0 aliphatic carbocycles. The molecule has 1 amide bonds. The number of thiophene rings is 1. The highest BCUT2D eigenvalue weighted by Crippen LogP contribution is 2.35. The largest absolute Gasteiger partial charge is 0.325 e. The first-order valence-electron chi connectivity index (χ1n) is 11.2. The Hall–Kier alpha value is -4.37. The van der Waals surface area contributed by atoms with Gasteiger partial charge in [-0.3, -0.25) is 14.9 Å². The molecule has 0 bridgehead atoms. The summed E-state index contributed by atoms with van der Waals surface area (Å²) in [6, 6.07) is 14.2. The lowest BCUT2D eigenvalue weighted by Crippen LogP contribution is -2.09. The van der Waals surface area contributed by atoms with Gasteiger partial charge in [0.1, 0.15) is 11.2 Å². The smallest absolute Gasteiger partial charge is 0.224 e. The molecule has 0 saturated heterocycles. The maximum absolute atomic E-state index is 11.8. The molecule has 5 heterocycles. The fourth-order valence-corrected chi connectivity index (χ4v) is 4.98. The van der Waals surface area contributed by atoms with Gasteiger partial charge in [0, 0.05) is 45.1 Å². The number of imidazole rings is 1. The van der Waals surface area contributed by atoms with E-state index in [1.807, 2.05) is 31.2 Å². The SMILES string of the molecule is CCC(=O)Nc1cncc(-c2ccc3[nH]nc(-c4nc5c(-c6ccc(C)s6)ccnc5[nH]4)c3c2)c1. The number of aromatic amines is 2. The molecule has 0 radical (unpaired) electrons. The van der Waals surface area contributed by atoms with Crippen LogP contribution >= 0.6 is 11.3 Å². The molecule has 9 heteroatoms. The van der Waals surface area contributed by atoms with Gasteiger partial charge in [0.25, 0.3) is 0 Å². The van der Waals surface area contributed by atoms with Gasteiger partial charge in [-0.15, -0.1) is 11.3 Å². The molecule has 0 unspecified atom stereocenters. The lowest BCUT2D eigenvalue weighted by Gasteiger charge is -2.06. The first kappa shape index (κ1) is 21.2. The number of rotatable bonds is 5. The normalized spacial score (nSPS) is 11.4. The van der Waals surface area contributed by atoms with Crippen molar-refractivity contribution in [2.24, 2.45) is 0 Å². The van der Waals surface area contributed by atoms with Crippen LogP contribution in [0.5, 0.6) is 0 Å². The number of aryl methyl sites for hydroxylation is 1. The first-order valence-corrected chi connectivity index (χ1v) is 12.1. The quantitative estimate of drug-likeness (QED) is 0.283. The number of hydrogen-bond donors (Lipinski definition) is 3. The monoisotopic (exact) mass is 479 g/mol. The van der Waals surface area contributed by atoms with E-state index in [-0.39, 0.29) is 5.91 Å². The van der Waals surface area contributed by atoms with Crippen molar-refractivity contribution >= 4 is 45.0 Å². The summed E-state index contributed by atoms with van der Waals surface area (Å²) in [5.74, 6) is 0.603. The highest BCUT2D eigenvalue weighted by Gasteiger charge is 2.17. The van der Waals surface area contributed by atoms with Crippen LogP contribution in [0.15, 0.2) is 61.1 Å². The molecular weight excluding hydrogens is 458 g/mol. The molecule has 3 N–H and O–H groups in total. The van der Waals surface area contributed by atoms with E-state index in [0.717, 1.165) is 49.3 Å². The number of benzene rings is 1. The minimum Gasteiger partial charge on any atom is -0.325 e. The van der Waals surface area contributed by atoms with Gasteiger partial charge in [-0.25, -0.2) is 9.97 Å². The van der Waals surface area contributed by atoms with E-state index in [4.69, 9.17) is 4.98 Å². The second-order valence-electron chi connectivity index (χ2n) is 8.25. The summed E-state index contributed by atoms with van der Waals surface area (Å²) >= 11 is 1.74. The molecule has 0 aliphatic heterocycles. The molecule has 0 spiro atoms. The molecule has 172 valence electrons. The molecule has 1 aromatic carbocycles. The van der Waals surface area contributed by atoms with E-state index in [2.05, 4.69) is 55.6 Å². The van der Waals surface area contributed by atoms with Crippen molar-refractivity contribution in [2.45, 2.75) is 20.3 Å². The Morgan fingerprint density at radius 3 is 2.83 bits per heavy atom. The molecule has 0 saturated carbocycles. The van der Waals surface area contributed by atoms with Crippen LogP contribution in [0.2, 0.25) is 0 Å². The number of H-pyrrole nitrogens is 2. The van der Waals surface area contributed by atoms with Gasteiger partial charge in [-0.05, 0) is 48.9 Å². The summed E-state index contributed by atoms with van der Waals surface area (Å²) in [6.45, 7) is 3.91. The van der Waals surface area contributed by atoms with Crippen molar-refractivity contribution < 1.29 is 4.79 Å². The number of nitrogens with one attached hydrogen (secondary N) is 3. The number of aromatic nitrogens is 6. The highest BCUT2D eigenvalue weighted by molar-refractivity contribution is 7.15. The van der Waals surface area contributed by atoms with E-state index in [9.17, 15) is 4.79 Å². The number of nitrogens with zero attached hydrogens (tertiary/aromatic N) is 4. The van der Waals surface area contributed by atoms with E-state index in [1.165, 1.54) is 4.88 Å². The Morgan fingerprint density at radius 2 is 2.00 bits per heavy atom. The molecule has 0 fully saturated rings. The molecule has 8 nitrogen and oxygen atoms in total. The van der Waals surface area contributed by atoms with Crippen molar-refractivity contribution in [1.29, 1.82) is 0 Å². The Balaban J connectivity index is 1.43. The third kappa shape index (κ3) is 3.85. The molecule has 5 aromatic heterocycles. The van der Waals surface area contributed by atoms with Crippen molar-refractivity contribution in [3.63, 3.8) is 0 Å². The van der Waals surface area contributed by atoms with E-state index in [1.54, 1.807) is 29.9 Å². The van der Waals surface area contributed by atoms with Crippen LogP contribution in [0.4, 0.5) is 5.69 Å². The van der Waals surface area contributed by atoms with Crippen LogP contribution in [0, 0.1) is 6.92 Å². The average molecular weight is 480 g/mol. The Labute approximate surface area is 204 Å². The standard InChI is InChI=1S/C26H21N7OS/c1-3-22(34)29-17-10-16(12-27-13-17)15-5-6-20-19(11-15)24(33-32-20)26-30-23-18(8-9-28-25(23)31-26)21-7-4-14(2)35-21/h4-13H,3H2,1-2H3,(H,29,34)(H,32,33)(H,28,30,31). The zero-order valence-electron chi connectivity index (χ0n) is 19.1. The van der Waals surface area contributed by atoms with Crippen LogP contribution in [0.3, 0.4) is 0 Å². The Kier molecular flexibility index (Phi) is 5.11. The van der Waals surface area contributed by atoms with Crippen molar-refractivity contribution in [3.8, 4) is 33.1 Å². The predicted molar refractivity (Wildman–Crippen MR) is 139 cm³/mol. The minimum absolute atomic E-state index is 0.0490. The number of pyridine rings is 2. The predicted octanol–water partition coefficient (Wildman–Crippen LogP) is 5.95. The topological polar surface area (TPSA) is 112 Å². The summed E-state index contributed by atoms with van der Waals surface area (Å²) in [4.78, 5) is 31.2. The third-order valence-electron chi connectivity index (χ3n) is 5.85. The van der Waals surface area contributed by atoms with Crippen LogP contribution in [-0.4, -0.2) is 36.0 Å². The van der Waals surface area contributed by atoms with Gasteiger partial charge in [0.2, 0.25) is 5.91 Å². The third-order valence-corrected chi connectivity index (χ3v) is 6.89. The molecule has 35 heavy (non-hydrogen) atoms. The number of hydrogen-bond acceptors (Lipinski definition) is 6. The molecule has 6 rings (SSSR count). The number of amides is 1. The van der Waals surface area contributed by atoms with Gasteiger partial charge in [0.05, 0.1) is 17.4 Å². The van der Waals surface area contributed by atoms with Gasteiger partial charge >= 0.3 is 0 Å². The van der Waals surface area contributed by atoms with Crippen LogP contribution in [0.1, 0.15) is 18.2 Å². The van der Waals surface area contributed by atoms with Crippen molar-refractivity contribution in [3.05, 3.63) is 65.9 Å². The van der Waals surface area contributed by atoms with Gasteiger partial charge in [0.15, 0.2) is 11.5 Å². The minimum atomic E-state index is -0.0490. The first-order chi connectivity index (χ1) is 17.1. The zero-order valence-corrected chi connectivity index (χ0v) is 19.9. The maximum atomic E-state index is 11.8. The van der Waals surface area contributed by atoms with Crippen molar-refractivity contribution in [1.82, 2.24) is 30.1 Å². The maximum Gasteiger partial charge on any atom is 0.224 e. The van der Waals surface area contributed by atoms with Crippen LogP contribution in [-0.2, 0) is 4.79 Å². The van der Waals surface area contributed by atoms with Gasteiger partial charge < -0.3 is 10.3 Å². The second kappa shape index (κ2) is 8.44. The lowest BCUT2D eigenvalue weighted by atomic mass is 10.0. The van der Waals surface area contributed by atoms with Crippen LogP contribution < -0.4 is 5.32 Å². The summed E-state index contributed by atoms with van der Waals surface area (Å²) in [5, 5.41) is 11.5. The molecule has 0 aliphatic rings. The Bertz CT molecular complexity index is 1710. The number of fused-ring (bicyclic) bond motifs is 2. The fraction of sp³-hybridized carbons (Fsp3) is 0.115. The Morgan fingerprint density at radius 1 is 1.09 bits per heavy atom. The van der Waals surface area contributed by atoms with E-state index < -0.39 is 0 Å². The summed E-state index contributed by atoms with van der Waals surface area (Å²) in [7, 11) is 0. The zero-order chi connectivity index (χ0) is 23.9. The molecule has 0 atom stereocenters. The van der Waals surface area contributed by atoms with E-state index in [0.29, 0.717) is 17.9 Å². The number of anilines is 1. The fourth-order valence-electron chi connectivity index (χ4n) is 4.09. The summed E-state index contributed by atoms with van der Waals surface area (Å²) in [5.41, 5.74) is 6.74. The lowest BCUT2D eigenvalue weighted by molar-refractivity contribution is -0.115. The van der Waals surface area contributed by atoms with Crippen molar-refractivity contribution in [2.75, 3.05) is 5.32 Å². The summed E-state index contributed by atoms with van der Waals surface area (Å²) < 4.78 is 0. The number of carbonyl (C=O) groups excluding carboxylic acids is 1. The van der Waals surface area contributed by atoms with E-state index >= 15 is 0 Å². The number of carbonyl (C=O) groups is 1. The molecular formula is C26H21N7OS. The average Bonchev–Trinajstić information content (AvgIpc) is 3.61. The van der Waals surface area contributed by atoms with Gasteiger partial charge in [-0.2, -0.15) is 5.10 Å². The van der Waals surface area contributed by atoms with Crippen LogP contribution in [0.25, 0.3) is 55.2 Å².